The van der Waals surface area contributed by atoms with Gasteiger partial charge in [-0.2, -0.15) is 0 Å². The van der Waals surface area contributed by atoms with E-state index in [0.29, 0.717) is 23.2 Å². The van der Waals surface area contributed by atoms with Crippen molar-refractivity contribution in [3.63, 3.8) is 0 Å². The number of carbonyl (C=O) groups is 2. The van der Waals surface area contributed by atoms with Gasteiger partial charge < -0.3 is 10.1 Å². The minimum Gasteiger partial charge on any atom is -0.439 e. The number of pyridine rings is 1. The van der Waals surface area contributed by atoms with Crippen LogP contribution < -0.4 is 15.4 Å². The summed E-state index contributed by atoms with van der Waals surface area (Å²) in [6.45, 7) is 1.91. The van der Waals surface area contributed by atoms with Crippen molar-refractivity contribution >= 4 is 17.6 Å². The molecule has 5 rings (SSSR count). The molecule has 3 saturated carbocycles. The lowest BCUT2D eigenvalue weighted by Crippen LogP contribution is -2.61. The van der Waals surface area contributed by atoms with Gasteiger partial charge in [0.25, 0.3) is 0 Å². The van der Waals surface area contributed by atoms with Crippen LogP contribution in [0.4, 0.5) is 10.5 Å². The molecule has 0 saturated heterocycles. The summed E-state index contributed by atoms with van der Waals surface area (Å²) in [6, 6.07) is 10.2. The van der Waals surface area contributed by atoms with Crippen molar-refractivity contribution in [2.75, 3.05) is 5.32 Å². The van der Waals surface area contributed by atoms with E-state index >= 15 is 0 Å². The largest absolute Gasteiger partial charge is 0.439 e. The van der Waals surface area contributed by atoms with E-state index in [1.807, 2.05) is 25.1 Å². The summed E-state index contributed by atoms with van der Waals surface area (Å²) >= 11 is 0. The van der Waals surface area contributed by atoms with Crippen LogP contribution in [0.5, 0.6) is 11.6 Å². The zero-order valence-corrected chi connectivity index (χ0v) is 13.9. The van der Waals surface area contributed by atoms with Crippen molar-refractivity contribution < 1.29 is 14.3 Å². The number of benzene rings is 1. The molecule has 1 aromatic heterocycles. The highest BCUT2D eigenvalue weighted by Gasteiger charge is 2.61. The van der Waals surface area contributed by atoms with Gasteiger partial charge in [0.2, 0.25) is 11.8 Å². The van der Waals surface area contributed by atoms with Gasteiger partial charge in [-0.15, -0.1) is 0 Å². The molecule has 6 heteroatoms. The molecule has 6 nitrogen and oxygen atoms in total. The fourth-order valence-electron chi connectivity index (χ4n) is 3.46. The molecule has 1 aromatic carbocycles. The van der Waals surface area contributed by atoms with Crippen molar-refractivity contribution in [2.45, 2.75) is 26.2 Å². The SMILES string of the molecule is Cc1ccc(NC(=O)NC(=O)C23CC(C2)C3)cc1Oc1ccccn1. The monoisotopic (exact) mass is 337 g/mol. The van der Waals surface area contributed by atoms with Gasteiger partial charge in [-0.1, -0.05) is 12.1 Å². The van der Waals surface area contributed by atoms with Crippen molar-refractivity contribution in [1.82, 2.24) is 10.3 Å². The van der Waals surface area contributed by atoms with E-state index in [-0.39, 0.29) is 11.3 Å². The number of imide groups is 1. The Kier molecular flexibility index (Phi) is 3.67. The normalized spacial score (nSPS) is 23.0. The number of hydrogen-bond acceptors (Lipinski definition) is 4. The number of anilines is 1. The Morgan fingerprint density at radius 1 is 1.20 bits per heavy atom. The Morgan fingerprint density at radius 3 is 2.64 bits per heavy atom. The molecule has 0 atom stereocenters. The molecular formula is C19H19N3O3. The third-order valence-corrected chi connectivity index (χ3v) is 5.05. The van der Waals surface area contributed by atoms with Crippen molar-refractivity contribution in [2.24, 2.45) is 11.3 Å². The lowest BCUT2D eigenvalue weighted by atomic mass is 9.44. The van der Waals surface area contributed by atoms with E-state index in [4.69, 9.17) is 4.74 Å². The third-order valence-electron chi connectivity index (χ3n) is 5.05. The quantitative estimate of drug-likeness (QED) is 0.893. The Morgan fingerprint density at radius 2 is 2.00 bits per heavy atom. The van der Waals surface area contributed by atoms with Crippen LogP contribution in [-0.4, -0.2) is 16.9 Å². The molecule has 0 aliphatic heterocycles. The predicted octanol–water partition coefficient (Wildman–Crippen LogP) is 3.63. The summed E-state index contributed by atoms with van der Waals surface area (Å²) in [5.74, 6) is 1.61. The zero-order chi connectivity index (χ0) is 17.4. The number of carbonyl (C=O) groups excluding carboxylic acids is 2. The second-order valence-corrected chi connectivity index (χ2v) is 6.92. The van der Waals surface area contributed by atoms with Gasteiger partial charge in [0, 0.05) is 24.0 Å². The number of hydrogen-bond donors (Lipinski definition) is 2. The third kappa shape index (κ3) is 2.95. The lowest BCUT2D eigenvalue weighted by Gasteiger charge is -2.59. The number of nitrogens with zero attached hydrogens (tertiary/aromatic N) is 1. The van der Waals surface area contributed by atoms with Crippen LogP contribution in [0.3, 0.4) is 0 Å². The highest BCUT2D eigenvalue weighted by molar-refractivity contribution is 6.04. The standard InChI is InChI=1S/C19H19N3O3/c1-12-5-6-14(8-15(12)25-16-4-2-3-7-20-16)21-18(24)22-17(23)19-9-13(10-19)11-19/h2-8,13H,9-11H2,1H3,(H2,21,22,23,24). The molecule has 2 aromatic rings. The molecule has 1 heterocycles. The number of aryl methyl sites for hydroxylation is 1. The molecule has 0 radical (unpaired) electrons. The topological polar surface area (TPSA) is 80.3 Å². The van der Waals surface area contributed by atoms with Crippen LogP contribution in [0.2, 0.25) is 0 Å². The molecule has 3 fully saturated rings. The number of nitrogens with one attached hydrogen (secondary N) is 2. The predicted molar refractivity (Wildman–Crippen MR) is 92.4 cm³/mol. The van der Waals surface area contributed by atoms with Crippen LogP contribution >= 0.6 is 0 Å². The average Bonchev–Trinajstić information content (AvgIpc) is 2.48. The first kappa shape index (κ1) is 15.6. The van der Waals surface area contributed by atoms with Gasteiger partial charge >= 0.3 is 6.03 Å². The van der Waals surface area contributed by atoms with E-state index in [9.17, 15) is 9.59 Å². The minimum atomic E-state index is -0.512. The number of urea groups is 1. The summed E-state index contributed by atoms with van der Waals surface area (Å²) in [4.78, 5) is 28.4. The summed E-state index contributed by atoms with van der Waals surface area (Å²) in [5, 5.41) is 5.14. The molecule has 3 aliphatic rings. The maximum atomic E-state index is 12.1. The molecular weight excluding hydrogens is 318 g/mol. The molecule has 3 amide bonds. The van der Waals surface area contributed by atoms with Crippen LogP contribution in [0.25, 0.3) is 0 Å². The molecule has 3 aliphatic carbocycles. The van der Waals surface area contributed by atoms with Gasteiger partial charge in [0.1, 0.15) is 5.75 Å². The number of aromatic nitrogens is 1. The van der Waals surface area contributed by atoms with E-state index in [2.05, 4.69) is 15.6 Å². The average molecular weight is 337 g/mol. The second kappa shape index (κ2) is 5.88. The van der Waals surface area contributed by atoms with Crippen molar-refractivity contribution in [3.05, 3.63) is 48.2 Å². The van der Waals surface area contributed by atoms with Gasteiger partial charge in [0.15, 0.2) is 0 Å². The molecule has 2 N–H and O–H groups in total. The Labute approximate surface area is 145 Å². The number of rotatable bonds is 4. The van der Waals surface area contributed by atoms with Gasteiger partial charge in [-0.25, -0.2) is 9.78 Å². The van der Waals surface area contributed by atoms with Crippen LogP contribution in [-0.2, 0) is 4.79 Å². The van der Waals surface area contributed by atoms with Gasteiger partial charge in [-0.05, 0) is 49.8 Å². The summed E-state index contributed by atoms with van der Waals surface area (Å²) < 4.78 is 5.75. The molecule has 128 valence electrons. The molecule has 0 unspecified atom stereocenters. The lowest BCUT2D eigenvalue weighted by molar-refractivity contribution is -0.163. The Balaban J connectivity index is 1.41. The van der Waals surface area contributed by atoms with Crippen LogP contribution in [0, 0.1) is 18.3 Å². The first-order valence-electron chi connectivity index (χ1n) is 8.36. The highest BCUT2D eigenvalue weighted by Crippen LogP contribution is 2.64. The Hall–Kier alpha value is -2.89. The van der Waals surface area contributed by atoms with E-state index in [0.717, 1.165) is 24.8 Å². The fraction of sp³-hybridized carbons (Fsp3) is 0.316. The van der Waals surface area contributed by atoms with E-state index < -0.39 is 6.03 Å². The van der Waals surface area contributed by atoms with Gasteiger partial charge in [0.05, 0.1) is 5.41 Å². The van der Waals surface area contributed by atoms with E-state index in [1.54, 1.807) is 24.4 Å². The summed E-state index contributed by atoms with van der Waals surface area (Å²) in [6.07, 6.45) is 4.40. The Bertz CT molecular complexity index is 818. The molecule has 0 spiro atoms. The number of ether oxygens (including phenoxy) is 1. The first-order chi connectivity index (χ1) is 12.0. The second-order valence-electron chi connectivity index (χ2n) is 6.92. The number of amides is 3. The minimum absolute atomic E-state index is 0.162. The maximum absolute atomic E-state index is 12.1. The van der Waals surface area contributed by atoms with Crippen molar-refractivity contribution in [3.8, 4) is 11.6 Å². The van der Waals surface area contributed by atoms with Crippen molar-refractivity contribution in [1.29, 1.82) is 0 Å². The van der Waals surface area contributed by atoms with E-state index in [1.165, 1.54) is 0 Å². The van der Waals surface area contributed by atoms with Gasteiger partial charge in [-0.3, -0.25) is 10.1 Å². The highest BCUT2D eigenvalue weighted by atomic mass is 16.5. The maximum Gasteiger partial charge on any atom is 0.325 e. The van der Waals surface area contributed by atoms with Crippen LogP contribution in [0.1, 0.15) is 24.8 Å². The fourth-order valence-corrected chi connectivity index (χ4v) is 3.46. The summed E-state index contributed by atoms with van der Waals surface area (Å²) in [5.41, 5.74) is 1.20. The summed E-state index contributed by atoms with van der Waals surface area (Å²) in [7, 11) is 0. The molecule has 2 bridgehead atoms. The smallest absolute Gasteiger partial charge is 0.325 e. The molecule has 25 heavy (non-hydrogen) atoms. The first-order valence-corrected chi connectivity index (χ1v) is 8.36. The zero-order valence-electron chi connectivity index (χ0n) is 13.9. The van der Waals surface area contributed by atoms with Crippen LogP contribution in [0.15, 0.2) is 42.6 Å².